The molecule has 2 fully saturated rings. The lowest BCUT2D eigenvalue weighted by molar-refractivity contribution is 0.107. The van der Waals surface area contributed by atoms with Crippen molar-refractivity contribution in [2.75, 3.05) is 12.3 Å². The fourth-order valence-electron chi connectivity index (χ4n) is 2.44. The van der Waals surface area contributed by atoms with E-state index < -0.39 is 0 Å². The highest BCUT2D eigenvalue weighted by Crippen LogP contribution is 2.67. The Morgan fingerprint density at radius 1 is 1.36 bits per heavy atom. The Hall–Kier alpha value is 0.0200. The van der Waals surface area contributed by atoms with Crippen molar-refractivity contribution < 1.29 is 0 Å². The van der Waals surface area contributed by atoms with Crippen molar-refractivity contribution in [3.8, 4) is 0 Å². The summed E-state index contributed by atoms with van der Waals surface area (Å²) in [6.45, 7) is 1.07. The standard InChI is InChI=1S/C9H12NS/c1-2-8(3-1)4-5-10-6-9(8)7-11-9/h1-4,6-7H2. The molecular formula is C9H12NS. The summed E-state index contributed by atoms with van der Waals surface area (Å²) in [7, 11) is 0. The lowest BCUT2D eigenvalue weighted by atomic mass is 9.59. The van der Waals surface area contributed by atoms with Gasteiger partial charge in [0.15, 0.2) is 0 Å². The molecule has 0 amide bonds. The van der Waals surface area contributed by atoms with Crippen LogP contribution in [0.3, 0.4) is 0 Å². The van der Waals surface area contributed by atoms with Crippen molar-refractivity contribution in [3.05, 3.63) is 0 Å². The third-order valence-electron chi connectivity index (χ3n) is 3.63. The minimum atomic E-state index is 0.608. The molecule has 59 valence electrons. The molecule has 1 aliphatic carbocycles. The monoisotopic (exact) mass is 166 g/mol. The van der Waals surface area contributed by atoms with Gasteiger partial charge in [0.1, 0.15) is 0 Å². The predicted octanol–water partition coefficient (Wildman–Crippen LogP) is 1.99. The quantitative estimate of drug-likeness (QED) is 0.501. The lowest BCUT2D eigenvalue weighted by Gasteiger charge is -2.48. The largest absolute Gasteiger partial charge is 0.286 e. The van der Waals surface area contributed by atoms with Gasteiger partial charge in [0.25, 0.3) is 0 Å². The molecule has 2 spiro atoms. The van der Waals surface area contributed by atoms with E-state index in [9.17, 15) is 0 Å². The highest BCUT2D eigenvalue weighted by Gasteiger charge is 2.62. The summed E-state index contributed by atoms with van der Waals surface area (Å²) in [6, 6.07) is 0. The minimum Gasteiger partial charge on any atom is -0.286 e. The van der Waals surface area contributed by atoms with Crippen LogP contribution in [0, 0.1) is 5.41 Å². The summed E-state index contributed by atoms with van der Waals surface area (Å²) in [5.41, 5.74) is 0.666. The van der Waals surface area contributed by atoms with Crippen LogP contribution in [0.4, 0.5) is 0 Å². The number of nitrogens with zero attached hydrogens (tertiary/aromatic N) is 1. The van der Waals surface area contributed by atoms with E-state index in [1.807, 2.05) is 0 Å². The van der Waals surface area contributed by atoms with E-state index in [1.165, 1.54) is 25.0 Å². The lowest BCUT2D eigenvalue weighted by Crippen LogP contribution is -2.47. The first-order chi connectivity index (χ1) is 5.37. The molecule has 1 nitrogen and oxygen atoms in total. The maximum absolute atomic E-state index is 4.30. The van der Waals surface area contributed by atoms with Crippen LogP contribution in [-0.4, -0.2) is 23.3 Å². The van der Waals surface area contributed by atoms with Gasteiger partial charge in [0.2, 0.25) is 0 Å². The molecule has 0 bridgehead atoms. The summed E-state index contributed by atoms with van der Waals surface area (Å²) in [5.74, 6) is 1.37. The van der Waals surface area contributed by atoms with Crippen molar-refractivity contribution in [3.63, 3.8) is 0 Å². The number of aliphatic imine (C=N–C) groups is 1. The first kappa shape index (κ1) is 6.53. The minimum absolute atomic E-state index is 0.608. The Labute approximate surface area is 71.7 Å². The molecule has 0 N–H and O–H groups in total. The molecule has 1 unspecified atom stereocenters. The van der Waals surface area contributed by atoms with Crippen LogP contribution in [0.25, 0.3) is 0 Å². The predicted molar refractivity (Wildman–Crippen MR) is 48.4 cm³/mol. The first-order valence-corrected chi connectivity index (χ1v) is 5.39. The molecule has 0 aromatic carbocycles. The first-order valence-electron chi connectivity index (χ1n) is 4.40. The second-order valence-electron chi connectivity index (χ2n) is 4.07. The highest BCUT2D eigenvalue weighted by atomic mass is 32.2. The number of hydrogen-bond donors (Lipinski definition) is 0. The van der Waals surface area contributed by atoms with Crippen LogP contribution in [0.2, 0.25) is 0 Å². The Morgan fingerprint density at radius 3 is 2.64 bits per heavy atom. The molecule has 0 aromatic heterocycles. The van der Waals surface area contributed by atoms with E-state index in [2.05, 4.69) is 23.0 Å². The summed E-state index contributed by atoms with van der Waals surface area (Å²) < 4.78 is 0.608. The van der Waals surface area contributed by atoms with E-state index in [0.717, 1.165) is 13.0 Å². The zero-order valence-electron chi connectivity index (χ0n) is 6.60. The molecule has 2 heterocycles. The average Bonchev–Trinajstić information content (AvgIpc) is 2.68. The number of thioether (sulfide) groups is 1. The van der Waals surface area contributed by atoms with Gasteiger partial charge in [-0.1, -0.05) is 6.42 Å². The summed E-state index contributed by atoms with van der Waals surface area (Å²) in [5, 5.41) is 0. The molecule has 0 aromatic rings. The van der Waals surface area contributed by atoms with Crippen molar-refractivity contribution in [1.29, 1.82) is 0 Å². The number of fused-ring (bicyclic) bond motifs is 1. The molecule has 1 atom stereocenters. The molecule has 1 radical (unpaired) electrons. The van der Waals surface area contributed by atoms with Gasteiger partial charge in [-0.2, -0.15) is 11.8 Å². The van der Waals surface area contributed by atoms with Gasteiger partial charge in [-0.3, -0.25) is 4.99 Å². The van der Waals surface area contributed by atoms with Crippen molar-refractivity contribution in [2.45, 2.75) is 30.4 Å². The Bertz CT molecular complexity index is 214. The summed E-state index contributed by atoms with van der Waals surface area (Å²) in [6.07, 6.45) is 8.68. The van der Waals surface area contributed by atoms with Gasteiger partial charge in [0.05, 0.1) is 17.5 Å². The molecule has 3 aliphatic rings. The maximum atomic E-state index is 4.30. The van der Waals surface area contributed by atoms with E-state index in [0.29, 0.717) is 10.2 Å². The number of rotatable bonds is 0. The maximum Gasteiger partial charge on any atom is 0.0565 e. The molecule has 3 rings (SSSR count). The topological polar surface area (TPSA) is 12.4 Å². The number of hydrogen-bond acceptors (Lipinski definition) is 2. The second kappa shape index (κ2) is 1.85. The van der Waals surface area contributed by atoms with E-state index in [1.54, 1.807) is 0 Å². The van der Waals surface area contributed by atoms with Crippen molar-refractivity contribution in [2.24, 2.45) is 10.4 Å². The van der Waals surface area contributed by atoms with Crippen molar-refractivity contribution in [1.82, 2.24) is 0 Å². The van der Waals surface area contributed by atoms with E-state index in [-0.39, 0.29) is 0 Å². The van der Waals surface area contributed by atoms with Crippen LogP contribution >= 0.6 is 11.8 Å². The van der Waals surface area contributed by atoms with Crippen LogP contribution in [0.15, 0.2) is 4.99 Å². The third-order valence-corrected chi connectivity index (χ3v) is 5.18. The van der Waals surface area contributed by atoms with Crippen molar-refractivity contribution >= 4 is 18.0 Å². The van der Waals surface area contributed by atoms with Crippen LogP contribution in [0.5, 0.6) is 0 Å². The molecule has 1 saturated heterocycles. The van der Waals surface area contributed by atoms with Gasteiger partial charge >= 0.3 is 0 Å². The van der Waals surface area contributed by atoms with E-state index >= 15 is 0 Å². The zero-order chi connectivity index (χ0) is 7.36. The molecular weight excluding hydrogens is 154 g/mol. The molecule has 2 heteroatoms. The van der Waals surface area contributed by atoms with Gasteiger partial charge in [-0.25, -0.2) is 0 Å². The van der Waals surface area contributed by atoms with Crippen LogP contribution in [-0.2, 0) is 0 Å². The smallest absolute Gasteiger partial charge is 0.0565 e. The van der Waals surface area contributed by atoms with Gasteiger partial charge < -0.3 is 0 Å². The normalized spacial score (nSPS) is 44.4. The fourth-order valence-corrected chi connectivity index (χ4v) is 3.75. The summed E-state index contributed by atoms with van der Waals surface area (Å²) >= 11 is 2.14. The van der Waals surface area contributed by atoms with E-state index in [4.69, 9.17) is 0 Å². The Kier molecular flexibility index (Phi) is 1.09. The third kappa shape index (κ3) is 0.670. The SMILES string of the molecule is [C]1=NCC2(CS2)C2(C1)CCC2. The van der Waals surface area contributed by atoms with Gasteiger partial charge in [-0.15, -0.1) is 0 Å². The fraction of sp³-hybridized carbons (Fsp3) is 0.889. The zero-order valence-corrected chi connectivity index (χ0v) is 7.41. The molecule has 1 saturated carbocycles. The average molecular weight is 166 g/mol. The molecule has 2 aliphatic heterocycles. The van der Waals surface area contributed by atoms with Gasteiger partial charge in [-0.05, 0) is 24.7 Å². The second-order valence-corrected chi connectivity index (χ2v) is 5.43. The van der Waals surface area contributed by atoms with Crippen LogP contribution in [0.1, 0.15) is 25.7 Å². The van der Waals surface area contributed by atoms with Gasteiger partial charge in [0, 0.05) is 5.75 Å². The Balaban J connectivity index is 1.95. The van der Waals surface area contributed by atoms with Crippen LogP contribution < -0.4 is 0 Å². The Morgan fingerprint density at radius 2 is 2.18 bits per heavy atom. The molecule has 11 heavy (non-hydrogen) atoms. The summed E-state index contributed by atoms with van der Waals surface area (Å²) in [4.78, 5) is 4.30. The highest BCUT2D eigenvalue weighted by molar-refractivity contribution is 8.08.